The quantitative estimate of drug-likeness (QED) is 0.654. The first kappa shape index (κ1) is 22.6. The number of carbonyl (C=O) groups is 3. The second-order valence-electron chi connectivity index (χ2n) is 7.20. The first-order valence-corrected chi connectivity index (χ1v) is 9.60. The second kappa shape index (κ2) is 10.8. The van der Waals surface area contributed by atoms with Crippen molar-refractivity contribution >= 4 is 23.5 Å². The predicted molar refractivity (Wildman–Crippen MR) is 113 cm³/mol. The monoisotopic (exact) mass is 407 g/mol. The van der Waals surface area contributed by atoms with Crippen molar-refractivity contribution in [2.75, 3.05) is 11.9 Å². The molecule has 2 N–H and O–H groups in total. The molecule has 0 fully saturated rings. The van der Waals surface area contributed by atoms with Gasteiger partial charge >= 0.3 is 5.97 Å². The van der Waals surface area contributed by atoms with Gasteiger partial charge in [-0.1, -0.05) is 44.2 Å². The smallest absolute Gasteiger partial charge is 0.329 e. The van der Waals surface area contributed by atoms with Crippen LogP contribution < -0.4 is 10.6 Å². The average Bonchev–Trinajstić information content (AvgIpc) is 2.72. The fourth-order valence-corrected chi connectivity index (χ4v) is 2.77. The molecule has 30 heavy (non-hydrogen) atoms. The molecule has 0 aliphatic heterocycles. The van der Waals surface area contributed by atoms with E-state index in [1.54, 1.807) is 50.2 Å². The third kappa shape index (κ3) is 6.45. The Morgan fingerprint density at radius 2 is 1.73 bits per heavy atom. The van der Waals surface area contributed by atoms with E-state index in [2.05, 4.69) is 10.6 Å². The van der Waals surface area contributed by atoms with Crippen LogP contribution in [0.3, 0.4) is 0 Å². The van der Waals surface area contributed by atoms with Crippen molar-refractivity contribution in [3.05, 3.63) is 65.2 Å². The molecule has 7 heteroatoms. The number of anilines is 1. The lowest BCUT2D eigenvalue weighted by Crippen LogP contribution is -2.46. The number of hydrogen-bond donors (Lipinski definition) is 2. The van der Waals surface area contributed by atoms with Crippen LogP contribution in [0.5, 0.6) is 0 Å². The number of aryl methyl sites for hydroxylation is 1. The lowest BCUT2D eigenvalue weighted by atomic mass is 10.0. The maximum Gasteiger partial charge on any atom is 0.329 e. The van der Waals surface area contributed by atoms with Crippen LogP contribution in [0, 0.1) is 24.2 Å². The van der Waals surface area contributed by atoms with E-state index in [0.29, 0.717) is 11.3 Å². The highest BCUT2D eigenvalue weighted by Crippen LogP contribution is 2.12. The van der Waals surface area contributed by atoms with Gasteiger partial charge in [0.15, 0.2) is 6.61 Å². The number of esters is 1. The molecule has 2 amide bonds. The zero-order valence-corrected chi connectivity index (χ0v) is 17.3. The second-order valence-corrected chi connectivity index (χ2v) is 7.20. The molecule has 0 radical (unpaired) electrons. The summed E-state index contributed by atoms with van der Waals surface area (Å²) in [5.74, 6) is -1.76. The molecule has 7 nitrogen and oxygen atoms in total. The van der Waals surface area contributed by atoms with Crippen LogP contribution in [0.1, 0.15) is 35.3 Å². The Bertz CT molecular complexity index is 946. The topological polar surface area (TPSA) is 108 Å². The van der Waals surface area contributed by atoms with E-state index in [9.17, 15) is 14.4 Å². The van der Waals surface area contributed by atoms with Crippen LogP contribution in [0.15, 0.2) is 48.5 Å². The Kier molecular flexibility index (Phi) is 8.12. The predicted octanol–water partition coefficient (Wildman–Crippen LogP) is 3.00. The van der Waals surface area contributed by atoms with Gasteiger partial charge in [0.05, 0.1) is 12.5 Å². The molecule has 0 aliphatic rings. The van der Waals surface area contributed by atoms with Gasteiger partial charge in [-0.05, 0) is 42.2 Å². The van der Waals surface area contributed by atoms with E-state index in [0.717, 1.165) is 11.1 Å². The number of nitrogens with zero attached hydrogens (tertiary/aromatic N) is 1. The minimum absolute atomic E-state index is 0.221. The van der Waals surface area contributed by atoms with E-state index in [1.807, 2.05) is 25.1 Å². The van der Waals surface area contributed by atoms with E-state index >= 15 is 0 Å². The van der Waals surface area contributed by atoms with Crippen molar-refractivity contribution in [2.24, 2.45) is 5.92 Å². The molecule has 1 atom stereocenters. The minimum atomic E-state index is -0.879. The molecule has 0 heterocycles. The highest BCUT2D eigenvalue weighted by atomic mass is 16.5. The molecule has 0 spiro atoms. The maximum absolute atomic E-state index is 12.5. The normalized spacial score (nSPS) is 11.3. The van der Waals surface area contributed by atoms with Gasteiger partial charge in [0.2, 0.25) is 0 Å². The number of benzene rings is 2. The first-order valence-electron chi connectivity index (χ1n) is 9.60. The summed E-state index contributed by atoms with van der Waals surface area (Å²) in [5, 5.41) is 14.0. The van der Waals surface area contributed by atoms with Crippen molar-refractivity contribution in [3.8, 4) is 6.07 Å². The summed E-state index contributed by atoms with van der Waals surface area (Å²) in [6.45, 7) is 4.91. The van der Waals surface area contributed by atoms with Gasteiger partial charge in [0, 0.05) is 11.3 Å². The Morgan fingerprint density at radius 1 is 1.07 bits per heavy atom. The Balaban J connectivity index is 1.91. The number of nitrogens with one attached hydrogen (secondary N) is 2. The summed E-state index contributed by atoms with van der Waals surface area (Å²) in [6, 6.07) is 15.1. The van der Waals surface area contributed by atoms with Gasteiger partial charge in [0.1, 0.15) is 6.04 Å². The summed E-state index contributed by atoms with van der Waals surface area (Å²) >= 11 is 0. The molecule has 0 bridgehead atoms. The van der Waals surface area contributed by atoms with Gasteiger partial charge in [-0.25, -0.2) is 4.79 Å². The zero-order valence-electron chi connectivity index (χ0n) is 17.3. The standard InChI is InChI=1S/C23H25N3O4/c1-15(2)21(26-22(28)19-7-5-4-6-16(19)3)23(29)30-14-20(27)25-18-10-8-17(9-11-18)12-13-24/h4-11,15,21H,12,14H2,1-3H3,(H,25,27)(H,26,28)/t21-/m0/s1. The summed E-state index contributed by atoms with van der Waals surface area (Å²) in [5.41, 5.74) is 2.65. The van der Waals surface area contributed by atoms with Crippen molar-refractivity contribution in [1.29, 1.82) is 5.26 Å². The van der Waals surface area contributed by atoms with Gasteiger partial charge in [0.25, 0.3) is 11.8 Å². The minimum Gasteiger partial charge on any atom is -0.454 e. The van der Waals surface area contributed by atoms with Gasteiger partial charge in [-0.3, -0.25) is 9.59 Å². The molecule has 0 aliphatic carbocycles. The van der Waals surface area contributed by atoms with Crippen LogP contribution >= 0.6 is 0 Å². The zero-order chi connectivity index (χ0) is 22.1. The molecule has 0 aromatic heterocycles. The molecule has 2 rings (SSSR count). The lowest BCUT2D eigenvalue weighted by Gasteiger charge is -2.21. The lowest BCUT2D eigenvalue weighted by molar-refractivity contribution is -0.150. The van der Waals surface area contributed by atoms with E-state index in [-0.39, 0.29) is 18.2 Å². The highest BCUT2D eigenvalue weighted by molar-refractivity contribution is 5.98. The van der Waals surface area contributed by atoms with Crippen LogP contribution in [-0.4, -0.2) is 30.4 Å². The molecule has 2 aromatic carbocycles. The summed E-state index contributed by atoms with van der Waals surface area (Å²) in [4.78, 5) is 37.1. The third-order valence-electron chi connectivity index (χ3n) is 4.46. The Hall–Kier alpha value is -3.66. The number of nitriles is 1. The molecule has 0 unspecified atom stereocenters. The molecular formula is C23H25N3O4. The first-order chi connectivity index (χ1) is 14.3. The van der Waals surface area contributed by atoms with Crippen LogP contribution in [-0.2, 0) is 20.7 Å². The van der Waals surface area contributed by atoms with Crippen molar-refractivity contribution in [2.45, 2.75) is 33.2 Å². The maximum atomic E-state index is 12.5. The van der Waals surface area contributed by atoms with Crippen molar-refractivity contribution in [3.63, 3.8) is 0 Å². The van der Waals surface area contributed by atoms with Gasteiger partial charge < -0.3 is 15.4 Å². The molecule has 156 valence electrons. The van der Waals surface area contributed by atoms with Crippen LogP contribution in [0.2, 0.25) is 0 Å². The fourth-order valence-electron chi connectivity index (χ4n) is 2.77. The number of rotatable bonds is 8. The van der Waals surface area contributed by atoms with E-state index in [4.69, 9.17) is 10.00 Å². The van der Waals surface area contributed by atoms with Gasteiger partial charge in [-0.15, -0.1) is 0 Å². The number of hydrogen-bond acceptors (Lipinski definition) is 5. The molecule has 0 saturated heterocycles. The van der Waals surface area contributed by atoms with Crippen molar-refractivity contribution in [1.82, 2.24) is 5.32 Å². The highest BCUT2D eigenvalue weighted by Gasteiger charge is 2.27. The number of amides is 2. The van der Waals surface area contributed by atoms with Gasteiger partial charge in [-0.2, -0.15) is 5.26 Å². The fraction of sp³-hybridized carbons (Fsp3) is 0.304. The molecule has 0 saturated carbocycles. The van der Waals surface area contributed by atoms with E-state index < -0.39 is 24.5 Å². The summed E-state index contributed by atoms with van der Waals surface area (Å²) in [7, 11) is 0. The average molecular weight is 407 g/mol. The largest absolute Gasteiger partial charge is 0.454 e. The number of ether oxygens (including phenoxy) is 1. The summed E-state index contributed by atoms with van der Waals surface area (Å²) in [6.07, 6.45) is 0.288. The van der Waals surface area contributed by atoms with Crippen LogP contribution in [0.25, 0.3) is 0 Å². The van der Waals surface area contributed by atoms with Crippen molar-refractivity contribution < 1.29 is 19.1 Å². The molecule has 2 aromatic rings. The molecular weight excluding hydrogens is 382 g/mol. The summed E-state index contributed by atoms with van der Waals surface area (Å²) < 4.78 is 5.12. The van der Waals surface area contributed by atoms with Crippen LogP contribution in [0.4, 0.5) is 5.69 Å². The Labute approximate surface area is 176 Å². The third-order valence-corrected chi connectivity index (χ3v) is 4.46. The SMILES string of the molecule is Cc1ccccc1C(=O)N[C@H](C(=O)OCC(=O)Nc1ccc(CC#N)cc1)C(C)C. The van der Waals surface area contributed by atoms with E-state index in [1.165, 1.54) is 0 Å². The number of carbonyl (C=O) groups excluding carboxylic acids is 3. The Morgan fingerprint density at radius 3 is 2.33 bits per heavy atom.